The molecule has 0 atom stereocenters. The summed E-state index contributed by atoms with van der Waals surface area (Å²) in [6.07, 6.45) is 0. The van der Waals surface area contributed by atoms with E-state index in [1.807, 2.05) is 31.2 Å². The van der Waals surface area contributed by atoms with Crippen molar-refractivity contribution in [2.24, 2.45) is 5.73 Å². The number of amides is 1. The summed E-state index contributed by atoms with van der Waals surface area (Å²) in [4.78, 5) is 14.5. The minimum Gasteiger partial charge on any atom is -0.484 e. The molecule has 1 amide bonds. The number of aromatic amines is 1. The van der Waals surface area contributed by atoms with E-state index in [0.29, 0.717) is 17.0 Å². The number of carbonyl (C=O) groups is 1. The molecule has 0 spiro atoms. The second kappa shape index (κ2) is 7.14. The highest BCUT2D eigenvalue weighted by molar-refractivity contribution is 7.92. The molecule has 0 saturated carbocycles. The fourth-order valence-electron chi connectivity index (χ4n) is 3.16. The quantitative estimate of drug-likeness (QED) is 0.453. The smallest absolute Gasteiger partial charge is 0.261 e. The summed E-state index contributed by atoms with van der Waals surface area (Å²) >= 11 is 0. The number of hydrogen-bond donors (Lipinski definition) is 3. The van der Waals surface area contributed by atoms with E-state index in [1.54, 1.807) is 30.3 Å². The summed E-state index contributed by atoms with van der Waals surface area (Å²) < 4.78 is 33.9. The van der Waals surface area contributed by atoms with Crippen molar-refractivity contribution < 1.29 is 17.9 Å². The lowest BCUT2D eigenvalue weighted by Gasteiger charge is -2.12. The third-order valence-electron chi connectivity index (χ3n) is 4.55. The molecule has 0 saturated heterocycles. The Hall–Kier alpha value is -3.52. The molecule has 1 heterocycles. The molecule has 4 aromatic rings. The molecule has 0 unspecified atom stereocenters. The van der Waals surface area contributed by atoms with E-state index in [1.165, 1.54) is 6.07 Å². The molecule has 148 valence electrons. The van der Waals surface area contributed by atoms with Gasteiger partial charge in [-0.1, -0.05) is 35.9 Å². The Bertz CT molecular complexity index is 1330. The first kappa shape index (κ1) is 18.8. The first-order valence-electron chi connectivity index (χ1n) is 8.88. The number of anilines is 1. The van der Waals surface area contributed by atoms with Crippen molar-refractivity contribution in [1.82, 2.24) is 4.98 Å². The second-order valence-electron chi connectivity index (χ2n) is 6.74. The zero-order valence-electron chi connectivity index (χ0n) is 15.6. The molecule has 0 fully saturated rings. The Balaban J connectivity index is 1.85. The van der Waals surface area contributed by atoms with Gasteiger partial charge in [-0.2, -0.15) is 0 Å². The average Bonchev–Trinajstić information content (AvgIpc) is 3.06. The van der Waals surface area contributed by atoms with E-state index >= 15 is 0 Å². The number of sulfonamides is 1. The lowest BCUT2D eigenvalue weighted by atomic mass is 10.1. The van der Waals surface area contributed by atoms with Crippen LogP contribution in [0, 0.1) is 6.92 Å². The number of nitrogens with one attached hydrogen (secondary N) is 2. The van der Waals surface area contributed by atoms with E-state index < -0.39 is 15.9 Å². The van der Waals surface area contributed by atoms with Crippen LogP contribution in [-0.2, 0) is 14.8 Å². The summed E-state index contributed by atoms with van der Waals surface area (Å²) in [6, 6.07) is 17.5. The number of primary amides is 1. The van der Waals surface area contributed by atoms with Crippen molar-refractivity contribution in [3.05, 3.63) is 66.2 Å². The monoisotopic (exact) mass is 409 g/mol. The number of ether oxygens (including phenoxy) is 1. The van der Waals surface area contributed by atoms with Crippen LogP contribution >= 0.6 is 0 Å². The van der Waals surface area contributed by atoms with Gasteiger partial charge in [0.25, 0.3) is 15.9 Å². The number of carbonyl (C=O) groups excluding carboxylic acids is 1. The number of para-hydroxylation sites is 1. The van der Waals surface area contributed by atoms with E-state index in [0.717, 1.165) is 21.9 Å². The molecular weight excluding hydrogens is 390 g/mol. The molecule has 4 N–H and O–H groups in total. The number of nitrogens with two attached hydrogens (primary N) is 1. The van der Waals surface area contributed by atoms with Crippen molar-refractivity contribution in [3.63, 3.8) is 0 Å². The highest BCUT2D eigenvalue weighted by atomic mass is 32.2. The van der Waals surface area contributed by atoms with E-state index in [-0.39, 0.29) is 11.5 Å². The van der Waals surface area contributed by atoms with Gasteiger partial charge in [0.1, 0.15) is 5.75 Å². The maximum atomic E-state index is 12.9. The topological polar surface area (TPSA) is 114 Å². The third kappa shape index (κ3) is 3.74. The molecule has 0 bridgehead atoms. The van der Waals surface area contributed by atoms with Crippen LogP contribution in [0.2, 0.25) is 0 Å². The number of aromatic nitrogens is 1. The van der Waals surface area contributed by atoms with Gasteiger partial charge in [0.05, 0.1) is 16.1 Å². The summed E-state index contributed by atoms with van der Waals surface area (Å²) in [5.74, 6) is -0.284. The van der Waals surface area contributed by atoms with Crippen LogP contribution in [0.1, 0.15) is 5.56 Å². The normalized spacial score (nSPS) is 11.6. The maximum Gasteiger partial charge on any atom is 0.261 e. The Labute approximate surface area is 167 Å². The summed E-state index contributed by atoms with van der Waals surface area (Å²) in [5, 5.41) is 1.67. The van der Waals surface area contributed by atoms with E-state index in [4.69, 9.17) is 10.5 Å². The second-order valence-corrected chi connectivity index (χ2v) is 8.42. The van der Waals surface area contributed by atoms with Crippen molar-refractivity contribution >= 4 is 43.4 Å². The van der Waals surface area contributed by atoms with Gasteiger partial charge in [-0.25, -0.2) is 8.42 Å². The highest BCUT2D eigenvalue weighted by Crippen LogP contribution is 2.35. The molecule has 0 radical (unpaired) electrons. The maximum absolute atomic E-state index is 12.9. The number of fused-ring (bicyclic) bond motifs is 3. The number of benzene rings is 3. The predicted molar refractivity (Wildman–Crippen MR) is 112 cm³/mol. The van der Waals surface area contributed by atoms with Gasteiger partial charge in [-0.15, -0.1) is 0 Å². The van der Waals surface area contributed by atoms with Crippen LogP contribution in [0.5, 0.6) is 5.75 Å². The summed E-state index contributed by atoms with van der Waals surface area (Å²) in [7, 11) is -3.82. The van der Waals surface area contributed by atoms with Crippen LogP contribution < -0.4 is 15.2 Å². The zero-order valence-corrected chi connectivity index (χ0v) is 16.4. The molecule has 7 nitrogen and oxygen atoms in total. The zero-order chi connectivity index (χ0) is 20.6. The molecule has 1 aromatic heterocycles. The number of hydrogen-bond acceptors (Lipinski definition) is 4. The van der Waals surface area contributed by atoms with Crippen molar-refractivity contribution in [2.75, 3.05) is 11.3 Å². The lowest BCUT2D eigenvalue weighted by Crippen LogP contribution is -2.20. The Morgan fingerprint density at radius 1 is 1.07 bits per heavy atom. The van der Waals surface area contributed by atoms with Gasteiger partial charge in [-0.05, 0) is 31.2 Å². The van der Waals surface area contributed by atoms with Gasteiger partial charge >= 0.3 is 0 Å². The molecule has 8 heteroatoms. The van der Waals surface area contributed by atoms with Crippen molar-refractivity contribution in [3.8, 4) is 5.75 Å². The Morgan fingerprint density at radius 2 is 1.79 bits per heavy atom. The molecule has 0 aliphatic heterocycles. The van der Waals surface area contributed by atoms with Crippen molar-refractivity contribution in [1.29, 1.82) is 0 Å². The highest BCUT2D eigenvalue weighted by Gasteiger charge is 2.18. The van der Waals surface area contributed by atoms with E-state index in [9.17, 15) is 13.2 Å². The van der Waals surface area contributed by atoms with Gasteiger partial charge in [0.15, 0.2) is 6.61 Å². The standard InChI is InChI=1S/C21H19N3O4S/c1-13-6-8-15(9-7-13)29(26,27)24-19-11-14(28-12-20(22)25)10-17-16-4-2-3-5-18(16)23-21(17)19/h2-11,23-24H,12H2,1H3,(H2,22,25). The van der Waals surface area contributed by atoms with Crippen LogP contribution in [0.25, 0.3) is 21.8 Å². The molecule has 0 aliphatic carbocycles. The minimum atomic E-state index is -3.82. The van der Waals surface area contributed by atoms with Gasteiger partial charge in [-0.3, -0.25) is 9.52 Å². The Morgan fingerprint density at radius 3 is 2.52 bits per heavy atom. The summed E-state index contributed by atoms with van der Waals surface area (Å²) in [6.45, 7) is 1.58. The lowest BCUT2D eigenvalue weighted by molar-refractivity contribution is -0.119. The fraction of sp³-hybridized carbons (Fsp3) is 0.0952. The largest absolute Gasteiger partial charge is 0.484 e. The molecule has 29 heavy (non-hydrogen) atoms. The van der Waals surface area contributed by atoms with Gasteiger partial charge in [0.2, 0.25) is 0 Å². The summed E-state index contributed by atoms with van der Waals surface area (Å²) in [5.41, 5.74) is 7.92. The van der Waals surface area contributed by atoms with Crippen LogP contribution in [0.3, 0.4) is 0 Å². The Kier molecular flexibility index (Phi) is 4.63. The first-order valence-corrected chi connectivity index (χ1v) is 10.4. The van der Waals surface area contributed by atoms with Crippen LogP contribution in [0.15, 0.2) is 65.6 Å². The van der Waals surface area contributed by atoms with Gasteiger partial charge in [0, 0.05) is 22.4 Å². The minimum absolute atomic E-state index is 0.149. The molecular formula is C21H19N3O4S. The number of rotatable bonds is 6. The van der Waals surface area contributed by atoms with E-state index in [2.05, 4.69) is 9.71 Å². The van der Waals surface area contributed by atoms with Crippen LogP contribution in [0.4, 0.5) is 5.69 Å². The van der Waals surface area contributed by atoms with Crippen LogP contribution in [-0.4, -0.2) is 25.9 Å². The fourth-order valence-corrected chi connectivity index (χ4v) is 4.23. The molecule has 0 aliphatic rings. The van der Waals surface area contributed by atoms with Crippen molar-refractivity contribution in [2.45, 2.75) is 11.8 Å². The first-order chi connectivity index (χ1) is 13.8. The van der Waals surface area contributed by atoms with Gasteiger partial charge < -0.3 is 15.5 Å². The average molecular weight is 409 g/mol. The number of aryl methyl sites for hydroxylation is 1. The SMILES string of the molecule is Cc1ccc(S(=O)(=O)Nc2cc(OCC(N)=O)cc3c2[nH]c2ccccc23)cc1. The number of H-pyrrole nitrogens is 1. The molecule has 3 aromatic carbocycles. The third-order valence-corrected chi connectivity index (χ3v) is 5.93. The predicted octanol–water partition coefficient (Wildman–Crippen LogP) is 3.29. The molecule has 4 rings (SSSR count).